The van der Waals surface area contributed by atoms with Crippen molar-refractivity contribution in [1.82, 2.24) is 9.38 Å². The van der Waals surface area contributed by atoms with E-state index in [1.807, 2.05) is 36.4 Å². The van der Waals surface area contributed by atoms with Crippen LogP contribution in [0, 0.1) is 10.1 Å². The zero-order chi connectivity index (χ0) is 21.3. The van der Waals surface area contributed by atoms with Gasteiger partial charge in [0.05, 0.1) is 30.4 Å². The summed E-state index contributed by atoms with van der Waals surface area (Å²) < 4.78 is 12.0. The number of ketones is 1. The monoisotopic (exact) mass is 403 g/mol. The van der Waals surface area contributed by atoms with Gasteiger partial charge >= 0.3 is 5.69 Å². The molecule has 4 rings (SSSR count). The van der Waals surface area contributed by atoms with Gasteiger partial charge in [-0.3, -0.25) is 19.3 Å². The molecule has 30 heavy (non-hydrogen) atoms. The lowest BCUT2D eigenvalue weighted by Crippen LogP contribution is -2.07. The van der Waals surface area contributed by atoms with E-state index < -0.39 is 4.92 Å². The Hall–Kier alpha value is -4.20. The third-order valence-electron chi connectivity index (χ3n) is 4.75. The number of hydrogen-bond acceptors (Lipinski definition) is 6. The molecule has 2 aromatic carbocycles. The Morgan fingerprint density at radius 2 is 1.80 bits per heavy atom. The van der Waals surface area contributed by atoms with E-state index in [4.69, 9.17) is 9.47 Å². The number of nitro benzene ring substituents is 1. The highest BCUT2D eigenvalue weighted by molar-refractivity contribution is 6.08. The summed E-state index contributed by atoms with van der Waals surface area (Å²) in [5.41, 5.74) is 2.28. The fourth-order valence-electron chi connectivity index (χ4n) is 3.26. The Balaban J connectivity index is 1.83. The predicted octanol–water partition coefficient (Wildman–Crippen LogP) is 4.16. The van der Waals surface area contributed by atoms with Crippen LogP contribution in [-0.4, -0.2) is 34.3 Å². The smallest absolute Gasteiger partial charge is 0.310 e. The Labute approximate surface area is 171 Å². The number of benzene rings is 2. The van der Waals surface area contributed by atoms with Crippen molar-refractivity contribution in [2.45, 2.75) is 0 Å². The van der Waals surface area contributed by atoms with Crippen LogP contribution in [0.4, 0.5) is 5.69 Å². The second-order valence-corrected chi connectivity index (χ2v) is 6.44. The molecule has 0 aliphatic rings. The molecule has 150 valence electrons. The highest BCUT2D eigenvalue weighted by Gasteiger charge is 2.23. The number of methoxy groups -OCH3 is 2. The fourth-order valence-corrected chi connectivity index (χ4v) is 3.26. The molecule has 0 radical (unpaired) electrons. The summed E-state index contributed by atoms with van der Waals surface area (Å²) in [4.78, 5) is 28.4. The van der Waals surface area contributed by atoms with Crippen LogP contribution in [-0.2, 0) is 0 Å². The van der Waals surface area contributed by atoms with Gasteiger partial charge in [0.15, 0.2) is 11.6 Å². The maximum Gasteiger partial charge on any atom is 0.310 e. The standard InChI is InChI=1S/C22H17N3O5/c1-29-16-9-6-14(7-10-16)20-18-5-3-4-12-24(18)22(23-20)21(26)15-8-11-17(25(27)28)19(13-15)30-2/h3-13H,1-2H3. The molecule has 0 fully saturated rings. The normalized spacial score (nSPS) is 10.7. The number of carbonyl (C=O) groups is 1. The molecule has 0 atom stereocenters. The highest BCUT2D eigenvalue weighted by atomic mass is 16.6. The van der Waals surface area contributed by atoms with E-state index in [0.717, 1.165) is 16.8 Å². The second kappa shape index (κ2) is 7.67. The van der Waals surface area contributed by atoms with Crippen molar-refractivity contribution in [3.05, 3.63) is 88.4 Å². The van der Waals surface area contributed by atoms with Crippen molar-refractivity contribution >= 4 is 17.0 Å². The van der Waals surface area contributed by atoms with Crippen LogP contribution < -0.4 is 9.47 Å². The van der Waals surface area contributed by atoms with Crippen LogP contribution >= 0.6 is 0 Å². The van der Waals surface area contributed by atoms with Crippen molar-refractivity contribution in [2.24, 2.45) is 0 Å². The number of aromatic nitrogens is 2. The van der Waals surface area contributed by atoms with Gasteiger partial charge in [-0.25, -0.2) is 4.98 Å². The van der Waals surface area contributed by atoms with Crippen molar-refractivity contribution in [3.63, 3.8) is 0 Å². The van der Waals surface area contributed by atoms with Gasteiger partial charge in [-0.1, -0.05) is 6.07 Å². The van der Waals surface area contributed by atoms with E-state index in [1.54, 1.807) is 23.8 Å². The molecule has 2 aromatic heterocycles. The molecule has 0 saturated heterocycles. The largest absolute Gasteiger partial charge is 0.497 e. The highest BCUT2D eigenvalue weighted by Crippen LogP contribution is 2.30. The average molecular weight is 403 g/mol. The minimum atomic E-state index is -0.556. The second-order valence-electron chi connectivity index (χ2n) is 6.44. The lowest BCUT2D eigenvalue weighted by molar-refractivity contribution is -0.385. The van der Waals surface area contributed by atoms with E-state index in [-0.39, 0.29) is 28.6 Å². The average Bonchev–Trinajstić information content (AvgIpc) is 3.17. The summed E-state index contributed by atoms with van der Waals surface area (Å²) in [6, 6.07) is 17.0. The van der Waals surface area contributed by atoms with Crippen LogP contribution in [0.15, 0.2) is 66.9 Å². The van der Waals surface area contributed by atoms with Crippen molar-refractivity contribution in [1.29, 1.82) is 0 Å². The van der Waals surface area contributed by atoms with Crippen LogP contribution in [0.3, 0.4) is 0 Å². The van der Waals surface area contributed by atoms with Gasteiger partial charge in [0, 0.05) is 23.4 Å². The summed E-state index contributed by atoms with van der Waals surface area (Å²) in [5.74, 6) is 0.565. The molecule has 0 aliphatic carbocycles. The summed E-state index contributed by atoms with van der Waals surface area (Å²) in [7, 11) is 2.92. The molecule has 0 N–H and O–H groups in total. The maximum absolute atomic E-state index is 13.2. The van der Waals surface area contributed by atoms with E-state index in [0.29, 0.717) is 5.69 Å². The molecule has 4 aromatic rings. The molecule has 8 heteroatoms. The third kappa shape index (κ3) is 3.24. The van der Waals surface area contributed by atoms with Crippen LogP contribution in [0.1, 0.15) is 16.2 Å². The summed E-state index contributed by atoms with van der Waals surface area (Å²) in [6.45, 7) is 0. The number of hydrogen-bond donors (Lipinski definition) is 0. The minimum absolute atomic E-state index is 0.0158. The van der Waals surface area contributed by atoms with Gasteiger partial charge in [0.2, 0.25) is 5.78 Å². The van der Waals surface area contributed by atoms with Gasteiger partial charge in [-0.05, 0) is 48.5 Å². The fraction of sp³-hybridized carbons (Fsp3) is 0.0909. The number of ether oxygens (including phenoxy) is 2. The molecule has 0 bridgehead atoms. The number of rotatable bonds is 6. The molecule has 2 heterocycles. The number of fused-ring (bicyclic) bond motifs is 1. The minimum Gasteiger partial charge on any atom is -0.497 e. The lowest BCUT2D eigenvalue weighted by Gasteiger charge is -2.05. The topological polar surface area (TPSA) is 96.0 Å². The van der Waals surface area contributed by atoms with Gasteiger partial charge in [0.1, 0.15) is 5.75 Å². The van der Waals surface area contributed by atoms with Crippen LogP contribution in [0.5, 0.6) is 11.5 Å². The Morgan fingerprint density at radius 3 is 2.47 bits per heavy atom. The van der Waals surface area contributed by atoms with Gasteiger partial charge in [0.25, 0.3) is 0 Å². The summed E-state index contributed by atoms with van der Waals surface area (Å²) in [6.07, 6.45) is 1.76. The summed E-state index contributed by atoms with van der Waals surface area (Å²) >= 11 is 0. The molecule has 0 saturated carbocycles. The predicted molar refractivity (Wildman–Crippen MR) is 110 cm³/mol. The van der Waals surface area contributed by atoms with Crippen molar-refractivity contribution in [3.8, 4) is 22.8 Å². The van der Waals surface area contributed by atoms with Gasteiger partial charge in [-0.15, -0.1) is 0 Å². The lowest BCUT2D eigenvalue weighted by atomic mass is 10.1. The van der Waals surface area contributed by atoms with Crippen LogP contribution in [0.25, 0.3) is 16.8 Å². The Morgan fingerprint density at radius 1 is 1.03 bits per heavy atom. The maximum atomic E-state index is 13.2. The first-order valence-corrected chi connectivity index (χ1v) is 9.02. The Kier molecular flexibility index (Phi) is 4.89. The van der Waals surface area contributed by atoms with Crippen molar-refractivity contribution < 1.29 is 19.2 Å². The quantitative estimate of drug-likeness (QED) is 0.272. The van der Waals surface area contributed by atoms with Crippen LogP contribution in [0.2, 0.25) is 0 Å². The zero-order valence-electron chi connectivity index (χ0n) is 16.2. The van der Waals surface area contributed by atoms with Crippen molar-refractivity contribution in [2.75, 3.05) is 14.2 Å². The van der Waals surface area contributed by atoms with Gasteiger partial charge in [-0.2, -0.15) is 0 Å². The van der Waals surface area contributed by atoms with E-state index in [1.165, 1.54) is 25.3 Å². The van der Waals surface area contributed by atoms with E-state index in [9.17, 15) is 14.9 Å². The first-order chi connectivity index (χ1) is 14.5. The Bertz CT molecular complexity index is 1260. The number of nitrogens with zero attached hydrogens (tertiary/aromatic N) is 3. The first-order valence-electron chi connectivity index (χ1n) is 9.02. The molecule has 0 unspecified atom stereocenters. The SMILES string of the molecule is COc1ccc(-c2nc(C(=O)c3ccc([N+](=O)[O-])c(OC)c3)n3ccccc23)cc1. The number of nitro groups is 1. The summed E-state index contributed by atoms with van der Waals surface area (Å²) in [5, 5.41) is 11.1. The number of carbonyl (C=O) groups excluding carboxylic acids is 1. The molecule has 0 spiro atoms. The van der Waals surface area contributed by atoms with Gasteiger partial charge < -0.3 is 9.47 Å². The zero-order valence-corrected chi connectivity index (χ0v) is 16.2. The molecule has 8 nitrogen and oxygen atoms in total. The first kappa shape index (κ1) is 19.1. The molecular formula is C22H17N3O5. The van der Waals surface area contributed by atoms with E-state index >= 15 is 0 Å². The number of pyridine rings is 1. The number of imidazole rings is 1. The third-order valence-corrected chi connectivity index (χ3v) is 4.75. The van der Waals surface area contributed by atoms with E-state index in [2.05, 4.69) is 4.98 Å². The molecular weight excluding hydrogens is 386 g/mol. The molecule has 0 aliphatic heterocycles. The molecule has 0 amide bonds.